The molecular weight excluding hydrogens is 282 g/mol. The van der Waals surface area contributed by atoms with Crippen molar-refractivity contribution in [1.82, 2.24) is 0 Å². The Balaban J connectivity index is 2.31. The summed E-state index contributed by atoms with van der Waals surface area (Å²) in [7, 11) is 0. The Labute approximate surface area is 131 Å². The van der Waals surface area contributed by atoms with E-state index < -0.39 is 0 Å². The lowest BCUT2D eigenvalue weighted by Gasteiger charge is -2.23. The van der Waals surface area contributed by atoms with Crippen LogP contribution in [0.4, 0.5) is 5.69 Å². The Morgan fingerprint density at radius 2 is 1.67 bits per heavy atom. The number of carbonyl (C=O) groups is 1. The highest BCUT2D eigenvalue weighted by Crippen LogP contribution is 2.21. The third kappa shape index (κ3) is 3.85. The summed E-state index contributed by atoms with van der Waals surface area (Å²) in [6.45, 7) is 6.70. The highest BCUT2D eigenvalue weighted by molar-refractivity contribution is 6.29. The fourth-order valence-corrected chi connectivity index (χ4v) is 2.31. The van der Waals surface area contributed by atoms with Crippen LogP contribution in [-0.4, -0.2) is 11.8 Å². The Morgan fingerprint density at radius 1 is 1.00 bits per heavy atom. The highest BCUT2D eigenvalue weighted by Gasteiger charge is 2.15. The predicted molar refractivity (Wildman–Crippen MR) is 89.0 cm³/mol. The van der Waals surface area contributed by atoms with Crippen molar-refractivity contribution in [2.24, 2.45) is 0 Å². The summed E-state index contributed by atoms with van der Waals surface area (Å²) >= 11 is 5.77. The monoisotopic (exact) mass is 301 g/mol. The molecule has 0 aliphatic heterocycles. The zero-order valence-corrected chi connectivity index (χ0v) is 13.4. The van der Waals surface area contributed by atoms with Gasteiger partial charge in [0.1, 0.15) is 5.88 Å². The molecule has 0 saturated heterocycles. The fourth-order valence-electron chi connectivity index (χ4n) is 2.17. The topological polar surface area (TPSA) is 20.3 Å². The zero-order chi connectivity index (χ0) is 15.4. The van der Waals surface area contributed by atoms with Crippen molar-refractivity contribution >= 4 is 23.2 Å². The first-order valence-electron chi connectivity index (χ1n) is 7.00. The van der Waals surface area contributed by atoms with Gasteiger partial charge in [0.25, 0.3) is 0 Å². The molecule has 0 atom stereocenters. The highest BCUT2D eigenvalue weighted by atomic mass is 35.5. The van der Waals surface area contributed by atoms with E-state index in [2.05, 4.69) is 26.0 Å². The van der Waals surface area contributed by atoms with Crippen molar-refractivity contribution in [2.45, 2.75) is 27.3 Å². The second-order valence-electron chi connectivity index (χ2n) is 5.37. The van der Waals surface area contributed by atoms with Crippen molar-refractivity contribution in [2.75, 3.05) is 10.8 Å². The normalized spacial score (nSPS) is 10.5. The third-order valence-corrected chi connectivity index (χ3v) is 3.91. The van der Waals surface area contributed by atoms with Crippen molar-refractivity contribution < 1.29 is 4.79 Å². The number of hydrogen-bond acceptors (Lipinski definition) is 1. The molecule has 0 radical (unpaired) electrons. The first-order chi connectivity index (χ1) is 10.0. The minimum atomic E-state index is -0.0829. The molecule has 3 heteroatoms. The van der Waals surface area contributed by atoms with E-state index in [1.807, 2.05) is 37.3 Å². The molecule has 2 aromatic rings. The van der Waals surface area contributed by atoms with Crippen LogP contribution in [0.5, 0.6) is 0 Å². The minimum absolute atomic E-state index is 0.0151. The van der Waals surface area contributed by atoms with Gasteiger partial charge in [0, 0.05) is 5.69 Å². The number of carbonyl (C=O) groups excluding carboxylic acids is 1. The van der Waals surface area contributed by atoms with Crippen LogP contribution in [0.3, 0.4) is 0 Å². The Morgan fingerprint density at radius 3 is 2.24 bits per heavy atom. The number of hydrogen-bond donors (Lipinski definition) is 0. The number of rotatable bonds is 4. The van der Waals surface area contributed by atoms with E-state index in [4.69, 9.17) is 11.6 Å². The van der Waals surface area contributed by atoms with Gasteiger partial charge in [-0.1, -0.05) is 35.9 Å². The predicted octanol–water partition coefficient (Wildman–Crippen LogP) is 4.38. The smallest absolute Gasteiger partial charge is 0.242 e. The van der Waals surface area contributed by atoms with Gasteiger partial charge in [0.2, 0.25) is 5.91 Å². The number of anilines is 1. The molecule has 21 heavy (non-hydrogen) atoms. The van der Waals surface area contributed by atoms with E-state index in [0.717, 1.165) is 11.3 Å². The van der Waals surface area contributed by atoms with Gasteiger partial charge < -0.3 is 4.90 Å². The maximum absolute atomic E-state index is 12.2. The number of nitrogens with zero attached hydrogens (tertiary/aromatic N) is 1. The quantitative estimate of drug-likeness (QED) is 0.767. The van der Waals surface area contributed by atoms with Crippen LogP contribution in [0.1, 0.15) is 22.3 Å². The first-order valence-corrected chi connectivity index (χ1v) is 7.54. The van der Waals surface area contributed by atoms with Crippen molar-refractivity contribution in [3.05, 3.63) is 64.7 Å². The average molecular weight is 302 g/mol. The van der Waals surface area contributed by atoms with Crippen LogP contribution in [0.25, 0.3) is 0 Å². The van der Waals surface area contributed by atoms with Gasteiger partial charge in [-0.2, -0.15) is 0 Å². The Kier molecular flexibility index (Phi) is 5.03. The lowest BCUT2D eigenvalue weighted by atomic mass is 10.1. The van der Waals surface area contributed by atoms with E-state index in [-0.39, 0.29) is 11.8 Å². The molecule has 0 saturated carbocycles. The van der Waals surface area contributed by atoms with Gasteiger partial charge >= 0.3 is 0 Å². The van der Waals surface area contributed by atoms with Gasteiger partial charge in [-0.15, -0.1) is 11.6 Å². The summed E-state index contributed by atoms with van der Waals surface area (Å²) in [4.78, 5) is 13.9. The summed E-state index contributed by atoms with van der Waals surface area (Å²) in [6.07, 6.45) is 0. The Bertz CT molecular complexity index is 634. The lowest BCUT2D eigenvalue weighted by molar-refractivity contribution is -0.116. The fraction of sp³-hybridized carbons (Fsp3) is 0.278. The summed E-state index contributed by atoms with van der Waals surface area (Å²) in [5, 5.41) is 0. The molecular formula is C18H20ClNO. The number of amides is 1. The van der Waals surface area contributed by atoms with Crippen LogP contribution in [-0.2, 0) is 11.3 Å². The molecule has 0 aliphatic carbocycles. The van der Waals surface area contributed by atoms with E-state index in [1.165, 1.54) is 16.7 Å². The second kappa shape index (κ2) is 6.77. The largest absolute Gasteiger partial charge is 0.307 e. The van der Waals surface area contributed by atoms with Crippen molar-refractivity contribution in [3.8, 4) is 0 Å². The van der Waals surface area contributed by atoms with E-state index >= 15 is 0 Å². The molecule has 0 unspecified atom stereocenters. The van der Waals surface area contributed by atoms with E-state index in [1.54, 1.807) is 4.90 Å². The Hall–Kier alpha value is -1.80. The maximum atomic E-state index is 12.2. The molecule has 0 aromatic heterocycles. The second-order valence-corrected chi connectivity index (χ2v) is 5.63. The average Bonchev–Trinajstić information content (AvgIpc) is 2.49. The van der Waals surface area contributed by atoms with Crippen LogP contribution in [0.15, 0.2) is 42.5 Å². The molecule has 2 nitrogen and oxygen atoms in total. The molecule has 0 spiro atoms. The molecule has 1 amide bonds. The van der Waals surface area contributed by atoms with Gasteiger partial charge in [-0.3, -0.25) is 4.79 Å². The standard InChI is InChI=1S/C18H20ClNO/c1-13-4-7-16(8-5-13)12-20(18(21)11-19)17-9-6-14(2)15(3)10-17/h4-10H,11-12H2,1-3H3. The summed E-state index contributed by atoms with van der Waals surface area (Å²) < 4.78 is 0. The number of benzene rings is 2. The van der Waals surface area contributed by atoms with Crippen molar-refractivity contribution in [1.29, 1.82) is 0 Å². The molecule has 0 bridgehead atoms. The number of aryl methyl sites for hydroxylation is 3. The number of alkyl halides is 1. The van der Waals surface area contributed by atoms with E-state index in [0.29, 0.717) is 6.54 Å². The molecule has 110 valence electrons. The summed E-state index contributed by atoms with van der Waals surface area (Å²) in [5.74, 6) is -0.0980. The van der Waals surface area contributed by atoms with Crippen LogP contribution in [0, 0.1) is 20.8 Å². The van der Waals surface area contributed by atoms with Crippen molar-refractivity contribution in [3.63, 3.8) is 0 Å². The van der Waals surface area contributed by atoms with Crippen LogP contribution >= 0.6 is 11.6 Å². The van der Waals surface area contributed by atoms with Gasteiger partial charge in [-0.25, -0.2) is 0 Å². The van der Waals surface area contributed by atoms with Gasteiger partial charge in [0.15, 0.2) is 0 Å². The van der Waals surface area contributed by atoms with Gasteiger partial charge in [-0.05, 0) is 49.6 Å². The first kappa shape index (κ1) is 15.6. The molecule has 2 rings (SSSR count). The van der Waals surface area contributed by atoms with E-state index in [9.17, 15) is 4.79 Å². The molecule has 0 heterocycles. The van der Waals surface area contributed by atoms with Crippen LogP contribution in [0.2, 0.25) is 0 Å². The van der Waals surface area contributed by atoms with Crippen LogP contribution < -0.4 is 4.90 Å². The van der Waals surface area contributed by atoms with Gasteiger partial charge in [0.05, 0.1) is 6.54 Å². The molecule has 2 aromatic carbocycles. The summed E-state index contributed by atoms with van der Waals surface area (Å²) in [6, 6.07) is 14.2. The lowest BCUT2D eigenvalue weighted by Crippen LogP contribution is -2.31. The number of halogens is 1. The summed E-state index contributed by atoms with van der Waals surface area (Å²) in [5.41, 5.74) is 5.58. The molecule has 0 aliphatic rings. The SMILES string of the molecule is Cc1ccc(CN(C(=O)CCl)c2ccc(C)c(C)c2)cc1. The molecule has 0 fully saturated rings. The maximum Gasteiger partial charge on any atom is 0.242 e. The molecule has 0 N–H and O–H groups in total. The zero-order valence-electron chi connectivity index (χ0n) is 12.7. The third-order valence-electron chi connectivity index (χ3n) is 3.68. The minimum Gasteiger partial charge on any atom is -0.307 e.